The van der Waals surface area contributed by atoms with Crippen LogP contribution in [0.3, 0.4) is 0 Å². The lowest BCUT2D eigenvalue weighted by Crippen LogP contribution is -2.39. The third-order valence-electron chi connectivity index (χ3n) is 4.64. The zero-order valence-corrected chi connectivity index (χ0v) is 19.5. The summed E-state index contributed by atoms with van der Waals surface area (Å²) in [6, 6.07) is 16.0. The number of rotatable bonds is 8. The van der Waals surface area contributed by atoms with Crippen LogP contribution in [-0.4, -0.2) is 34.7 Å². The number of thioether (sulfide) groups is 1. The number of hydrogen-bond donors (Lipinski definition) is 0. The Bertz CT molecular complexity index is 1180. The number of carbonyl (C=O) groups excluding carboxylic acids is 2. The van der Waals surface area contributed by atoms with Crippen LogP contribution in [0.5, 0.6) is 0 Å². The van der Waals surface area contributed by atoms with E-state index in [4.69, 9.17) is 4.18 Å². The number of halogens is 3. The number of aryl methyl sites for hydroxylation is 1. The van der Waals surface area contributed by atoms with E-state index in [0.29, 0.717) is 23.1 Å². The van der Waals surface area contributed by atoms with Gasteiger partial charge in [0.1, 0.15) is 12.0 Å². The van der Waals surface area contributed by atoms with E-state index < -0.39 is 29.4 Å². The van der Waals surface area contributed by atoms with E-state index in [0.717, 1.165) is 9.79 Å². The van der Waals surface area contributed by atoms with Gasteiger partial charge < -0.3 is 4.18 Å². The summed E-state index contributed by atoms with van der Waals surface area (Å²) >= 11 is 1.88. The normalized spacial score (nSPS) is 13.8. The molecule has 3 aromatic carbocycles. The van der Waals surface area contributed by atoms with Crippen LogP contribution in [0.4, 0.5) is 13.2 Å². The third-order valence-corrected chi connectivity index (χ3v) is 6.84. The standard InChI is InChI=1S/C22H16F3NO4S3/c1-13-5-7-14(8-6-13)32-29-11-12-31-18-10-9-17-19-15(18)3-2-4-16(19)20(27)26(21(17)28)30-33-22(23,24)25/h2-10H,11-12H2,1H3. The molecular formula is C22H16F3NO4S3. The molecule has 0 N–H and O–H groups in total. The molecule has 0 atom stereocenters. The zero-order chi connectivity index (χ0) is 23.6. The van der Waals surface area contributed by atoms with Gasteiger partial charge in [-0.2, -0.15) is 17.5 Å². The van der Waals surface area contributed by atoms with Gasteiger partial charge in [0.15, 0.2) is 0 Å². The molecule has 5 nitrogen and oxygen atoms in total. The molecule has 172 valence electrons. The fourth-order valence-electron chi connectivity index (χ4n) is 3.21. The van der Waals surface area contributed by atoms with E-state index >= 15 is 0 Å². The summed E-state index contributed by atoms with van der Waals surface area (Å²) in [6.07, 6.45) is 0. The van der Waals surface area contributed by atoms with Gasteiger partial charge in [-0.1, -0.05) is 29.8 Å². The molecular weight excluding hydrogens is 495 g/mol. The molecule has 0 spiro atoms. The fourth-order valence-corrected chi connectivity index (χ4v) is 5.04. The first-order valence-corrected chi connectivity index (χ1v) is 12.1. The summed E-state index contributed by atoms with van der Waals surface area (Å²) < 4.78 is 47.6. The molecule has 0 saturated heterocycles. The number of amides is 2. The van der Waals surface area contributed by atoms with Crippen molar-refractivity contribution in [1.29, 1.82) is 0 Å². The Kier molecular flexibility index (Phi) is 7.25. The highest BCUT2D eigenvalue weighted by atomic mass is 32.2. The van der Waals surface area contributed by atoms with Crippen molar-refractivity contribution in [2.75, 3.05) is 12.4 Å². The van der Waals surface area contributed by atoms with Gasteiger partial charge in [-0.25, -0.2) is 0 Å². The highest BCUT2D eigenvalue weighted by molar-refractivity contribution is 7.99. The van der Waals surface area contributed by atoms with Crippen molar-refractivity contribution >= 4 is 58.4 Å². The van der Waals surface area contributed by atoms with Crippen molar-refractivity contribution in [2.45, 2.75) is 22.2 Å². The van der Waals surface area contributed by atoms with Gasteiger partial charge >= 0.3 is 5.51 Å². The van der Waals surface area contributed by atoms with Crippen molar-refractivity contribution in [2.24, 2.45) is 0 Å². The van der Waals surface area contributed by atoms with E-state index in [9.17, 15) is 22.8 Å². The van der Waals surface area contributed by atoms with E-state index in [-0.39, 0.29) is 16.2 Å². The van der Waals surface area contributed by atoms with Crippen molar-refractivity contribution in [3.63, 3.8) is 0 Å². The number of imide groups is 1. The first-order chi connectivity index (χ1) is 15.7. The van der Waals surface area contributed by atoms with E-state index in [1.54, 1.807) is 18.2 Å². The Labute approximate surface area is 200 Å². The van der Waals surface area contributed by atoms with Gasteiger partial charge in [0.05, 0.1) is 17.7 Å². The second kappa shape index (κ2) is 9.98. The Morgan fingerprint density at radius 1 is 0.939 bits per heavy atom. The molecule has 33 heavy (non-hydrogen) atoms. The molecule has 2 amide bonds. The van der Waals surface area contributed by atoms with Crippen LogP contribution < -0.4 is 0 Å². The van der Waals surface area contributed by atoms with Crippen molar-refractivity contribution in [3.05, 3.63) is 71.3 Å². The molecule has 0 radical (unpaired) electrons. The molecule has 0 aromatic heterocycles. The first kappa shape index (κ1) is 24.0. The molecule has 3 aromatic rings. The van der Waals surface area contributed by atoms with Gasteiger partial charge in [-0.05, 0) is 42.6 Å². The number of carbonyl (C=O) groups is 2. The number of benzene rings is 3. The van der Waals surface area contributed by atoms with Crippen molar-refractivity contribution in [1.82, 2.24) is 5.06 Å². The lowest BCUT2D eigenvalue weighted by molar-refractivity contribution is -0.0570. The fraction of sp³-hybridized carbons (Fsp3) is 0.182. The predicted molar refractivity (Wildman–Crippen MR) is 123 cm³/mol. The van der Waals surface area contributed by atoms with E-state index in [1.165, 1.54) is 41.5 Å². The van der Waals surface area contributed by atoms with Crippen LogP contribution >= 0.6 is 35.8 Å². The highest BCUT2D eigenvalue weighted by Crippen LogP contribution is 2.38. The molecule has 4 rings (SSSR count). The summed E-state index contributed by atoms with van der Waals surface area (Å²) in [5.74, 6) is -1.25. The molecule has 11 heteroatoms. The number of hydrogen-bond acceptors (Lipinski definition) is 7. The minimum absolute atomic E-state index is 0.110. The molecule has 0 saturated carbocycles. The second-order valence-electron chi connectivity index (χ2n) is 6.91. The van der Waals surface area contributed by atoms with Crippen LogP contribution in [0.25, 0.3) is 10.8 Å². The lowest BCUT2D eigenvalue weighted by Gasteiger charge is -2.25. The maximum atomic E-state index is 12.7. The first-order valence-electron chi connectivity index (χ1n) is 9.60. The Morgan fingerprint density at radius 3 is 2.33 bits per heavy atom. The maximum absolute atomic E-state index is 12.7. The monoisotopic (exact) mass is 511 g/mol. The predicted octanol–water partition coefficient (Wildman–Crippen LogP) is 6.66. The minimum Gasteiger partial charge on any atom is -0.309 e. The molecule has 1 heterocycles. The minimum atomic E-state index is -4.76. The summed E-state index contributed by atoms with van der Waals surface area (Å²) in [5, 5.41) is 1.23. The van der Waals surface area contributed by atoms with Crippen LogP contribution in [-0.2, 0) is 8.47 Å². The summed E-state index contributed by atoms with van der Waals surface area (Å²) in [5.41, 5.74) is -3.37. The smallest absolute Gasteiger partial charge is 0.309 e. The van der Waals surface area contributed by atoms with Crippen molar-refractivity contribution < 1.29 is 31.2 Å². The molecule has 0 fully saturated rings. The lowest BCUT2D eigenvalue weighted by atomic mass is 9.95. The summed E-state index contributed by atoms with van der Waals surface area (Å²) in [6.45, 7) is 2.47. The largest absolute Gasteiger partial charge is 0.470 e. The van der Waals surface area contributed by atoms with Crippen LogP contribution in [0, 0.1) is 6.92 Å². The SMILES string of the molecule is Cc1ccc(SOCCSc2ccc3c4c(cccc24)C(=O)N(OSC(F)(F)F)C3=O)cc1. The Hall–Kier alpha value is -2.18. The molecule has 0 aliphatic carbocycles. The van der Waals surface area contributed by atoms with Gasteiger partial charge in [-0.3, -0.25) is 9.59 Å². The van der Waals surface area contributed by atoms with Gasteiger partial charge in [0, 0.05) is 33.0 Å². The topological polar surface area (TPSA) is 55.8 Å². The quantitative estimate of drug-likeness (QED) is 0.145. The number of alkyl halides is 3. The van der Waals surface area contributed by atoms with Gasteiger partial charge in [0.2, 0.25) is 0 Å². The molecule has 1 aliphatic rings. The summed E-state index contributed by atoms with van der Waals surface area (Å²) in [4.78, 5) is 27.2. The Morgan fingerprint density at radius 2 is 1.64 bits per heavy atom. The third kappa shape index (κ3) is 5.49. The van der Waals surface area contributed by atoms with Gasteiger partial charge in [-0.15, -0.1) is 16.8 Å². The molecule has 1 aliphatic heterocycles. The van der Waals surface area contributed by atoms with E-state index in [1.807, 2.05) is 31.2 Å². The van der Waals surface area contributed by atoms with Crippen molar-refractivity contribution in [3.8, 4) is 0 Å². The zero-order valence-electron chi connectivity index (χ0n) is 17.0. The van der Waals surface area contributed by atoms with Crippen LogP contribution in [0.15, 0.2) is 64.4 Å². The van der Waals surface area contributed by atoms with Crippen LogP contribution in [0.2, 0.25) is 0 Å². The average molecular weight is 512 g/mol. The molecule has 0 unspecified atom stereocenters. The van der Waals surface area contributed by atoms with Gasteiger partial charge in [0.25, 0.3) is 11.8 Å². The Balaban J connectivity index is 1.46. The number of nitrogens with zero attached hydrogens (tertiary/aromatic N) is 1. The number of hydroxylamine groups is 2. The van der Waals surface area contributed by atoms with Crippen LogP contribution in [0.1, 0.15) is 26.3 Å². The molecule has 0 bridgehead atoms. The second-order valence-corrected chi connectivity index (χ2v) is 9.70. The highest BCUT2D eigenvalue weighted by Gasteiger charge is 2.39. The maximum Gasteiger partial charge on any atom is 0.470 e. The average Bonchev–Trinajstić information content (AvgIpc) is 2.78. The van der Waals surface area contributed by atoms with E-state index in [2.05, 4.69) is 4.28 Å². The summed E-state index contributed by atoms with van der Waals surface area (Å²) in [7, 11) is 0.